The maximum atomic E-state index is 13.4. The van der Waals surface area contributed by atoms with Crippen molar-refractivity contribution < 1.29 is 22.8 Å². The van der Waals surface area contributed by atoms with Crippen molar-refractivity contribution in [3.63, 3.8) is 0 Å². The van der Waals surface area contributed by atoms with Gasteiger partial charge in [0.15, 0.2) is 5.78 Å². The molecule has 1 atom stereocenters. The monoisotopic (exact) mass is 352 g/mol. The number of ketones is 1. The van der Waals surface area contributed by atoms with E-state index in [1.807, 2.05) is 0 Å². The molecule has 0 fully saturated rings. The lowest BCUT2D eigenvalue weighted by molar-refractivity contribution is -0.144. The van der Waals surface area contributed by atoms with Gasteiger partial charge < -0.3 is 0 Å². The normalized spacial score (nSPS) is 21.8. The molecule has 0 radical (unpaired) electrons. The van der Waals surface area contributed by atoms with E-state index < -0.39 is 17.7 Å². The Balaban J connectivity index is 2.19. The van der Waals surface area contributed by atoms with Crippen molar-refractivity contribution in [2.75, 3.05) is 14.1 Å². The number of allylic oxidation sites excluding steroid dienone is 2. The fourth-order valence-electron chi connectivity index (χ4n) is 3.76. The van der Waals surface area contributed by atoms with Crippen LogP contribution in [0.2, 0.25) is 0 Å². The summed E-state index contributed by atoms with van der Waals surface area (Å²) in [4.78, 5) is 25.2. The third-order valence-corrected chi connectivity index (χ3v) is 4.69. The second kappa shape index (κ2) is 6.29. The first kappa shape index (κ1) is 17.7. The number of nitrogens with zero attached hydrogens (tertiary/aromatic N) is 2. The van der Waals surface area contributed by atoms with Crippen LogP contribution in [0.3, 0.4) is 0 Å². The third-order valence-electron chi connectivity index (χ3n) is 4.69. The number of rotatable bonds is 2. The molecule has 7 heteroatoms. The summed E-state index contributed by atoms with van der Waals surface area (Å²) in [5.74, 6) is -1.30. The van der Waals surface area contributed by atoms with E-state index in [0.29, 0.717) is 30.5 Å². The highest BCUT2D eigenvalue weighted by molar-refractivity contribution is 6.01. The van der Waals surface area contributed by atoms with Crippen LogP contribution >= 0.6 is 0 Å². The number of hydrazine groups is 1. The molecule has 1 aliphatic heterocycles. The topological polar surface area (TPSA) is 40.6 Å². The molecule has 1 aliphatic carbocycles. The van der Waals surface area contributed by atoms with Gasteiger partial charge in [0.25, 0.3) is 0 Å². The van der Waals surface area contributed by atoms with Crippen LogP contribution in [0.1, 0.15) is 42.7 Å². The van der Waals surface area contributed by atoms with Gasteiger partial charge in [0.1, 0.15) is 0 Å². The van der Waals surface area contributed by atoms with Crippen molar-refractivity contribution in [1.82, 2.24) is 10.0 Å². The summed E-state index contributed by atoms with van der Waals surface area (Å²) >= 11 is 0. The number of benzene rings is 1. The highest BCUT2D eigenvalue weighted by Gasteiger charge is 2.43. The minimum atomic E-state index is -4.53. The summed E-state index contributed by atoms with van der Waals surface area (Å²) in [6.07, 6.45) is -3.26. The molecule has 25 heavy (non-hydrogen) atoms. The number of carbonyl (C=O) groups is 2. The van der Waals surface area contributed by atoms with E-state index in [0.717, 1.165) is 6.07 Å². The lowest BCUT2D eigenvalue weighted by Crippen LogP contribution is -2.47. The van der Waals surface area contributed by atoms with Gasteiger partial charge >= 0.3 is 6.18 Å². The maximum Gasteiger partial charge on any atom is 0.416 e. The van der Waals surface area contributed by atoms with Crippen LogP contribution in [0, 0.1) is 0 Å². The Kier molecular flexibility index (Phi) is 4.45. The predicted molar refractivity (Wildman–Crippen MR) is 85.2 cm³/mol. The molecule has 1 heterocycles. The van der Waals surface area contributed by atoms with Gasteiger partial charge in [-0.05, 0) is 24.5 Å². The minimum absolute atomic E-state index is 0.00417. The zero-order chi connectivity index (χ0) is 18.4. The summed E-state index contributed by atoms with van der Waals surface area (Å²) in [6, 6.07) is 5.21. The summed E-state index contributed by atoms with van der Waals surface area (Å²) in [6.45, 7) is 0. The summed E-state index contributed by atoms with van der Waals surface area (Å²) in [5, 5.41) is 3.02. The molecule has 134 valence electrons. The molecule has 1 aromatic carbocycles. The van der Waals surface area contributed by atoms with Gasteiger partial charge in [0.05, 0.1) is 5.56 Å². The minimum Gasteiger partial charge on any atom is -0.294 e. The first-order chi connectivity index (χ1) is 11.7. The molecule has 1 aromatic rings. The average molecular weight is 352 g/mol. The van der Waals surface area contributed by atoms with E-state index in [4.69, 9.17) is 0 Å². The van der Waals surface area contributed by atoms with Crippen molar-refractivity contribution in [2.24, 2.45) is 0 Å². The first-order valence-electron chi connectivity index (χ1n) is 8.14. The molecule has 2 aliphatic rings. The molecule has 0 saturated heterocycles. The average Bonchev–Trinajstić information content (AvgIpc) is 2.53. The Labute approximate surface area is 143 Å². The van der Waals surface area contributed by atoms with Crippen molar-refractivity contribution in [3.8, 4) is 0 Å². The van der Waals surface area contributed by atoms with Crippen LogP contribution < -0.4 is 0 Å². The highest BCUT2D eigenvalue weighted by Crippen LogP contribution is 2.45. The number of Topliss-reactive ketones (excluding diaryl/α,β-unsaturated/α-hetero) is 1. The van der Waals surface area contributed by atoms with E-state index in [1.54, 1.807) is 19.1 Å². The van der Waals surface area contributed by atoms with Crippen molar-refractivity contribution in [3.05, 3.63) is 46.7 Å². The maximum absolute atomic E-state index is 13.4. The fourth-order valence-corrected chi connectivity index (χ4v) is 3.76. The SMILES string of the molecule is CN(C)N1C(=O)C[C@H](c2ccccc2C(F)(F)F)C2=C1CCCC2=O. The molecule has 0 saturated carbocycles. The van der Waals surface area contributed by atoms with Gasteiger partial charge in [0.2, 0.25) is 5.91 Å². The van der Waals surface area contributed by atoms with Gasteiger partial charge in [0, 0.05) is 44.1 Å². The molecule has 0 unspecified atom stereocenters. The van der Waals surface area contributed by atoms with Crippen molar-refractivity contribution >= 4 is 11.7 Å². The predicted octanol–water partition coefficient (Wildman–Crippen LogP) is 3.51. The Bertz CT molecular complexity index is 753. The molecule has 0 N–H and O–H groups in total. The first-order valence-corrected chi connectivity index (χ1v) is 8.14. The van der Waals surface area contributed by atoms with Gasteiger partial charge in [-0.15, -0.1) is 0 Å². The fraction of sp³-hybridized carbons (Fsp3) is 0.444. The second-order valence-corrected chi connectivity index (χ2v) is 6.53. The molecule has 3 rings (SSSR count). The molecule has 0 spiro atoms. The van der Waals surface area contributed by atoms with Crippen LogP contribution in [0.15, 0.2) is 35.5 Å². The Morgan fingerprint density at radius 2 is 1.80 bits per heavy atom. The Morgan fingerprint density at radius 3 is 2.44 bits per heavy atom. The number of hydrogen-bond donors (Lipinski definition) is 0. The standard InChI is InChI=1S/C18H19F3N2O2/c1-22(2)23-14-8-5-9-15(24)17(14)12(10-16(23)25)11-6-3-4-7-13(11)18(19,20)21/h3-4,6-7,12H,5,8-10H2,1-2H3/t12-/m1/s1. The largest absolute Gasteiger partial charge is 0.416 e. The highest BCUT2D eigenvalue weighted by atomic mass is 19.4. The Morgan fingerprint density at radius 1 is 1.12 bits per heavy atom. The lowest BCUT2D eigenvalue weighted by atomic mass is 9.76. The van der Waals surface area contributed by atoms with E-state index in [2.05, 4.69) is 0 Å². The number of hydrogen-bond acceptors (Lipinski definition) is 3. The van der Waals surface area contributed by atoms with Gasteiger partial charge in [-0.3, -0.25) is 9.59 Å². The van der Waals surface area contributed by atoms with Gasteiger partial charge in [-0.2, -0.15) is 13.2 Å². The van der Waals surface area contributed by atoms with Crippen molar-refractivity contribution in [2.45, 2.75) is 37.8 Å². The summed E-state index contributed by atoms with van der Waals surface area (Å²) in [5.41, 5.74) is 0.122. The lowest BCUT2D eigenvalue weighted by Gasteiger charge is -2.41. The van der Waals surface area contributed by atoms with Crippen molar-refractivity contribution in [1.29, 1.82) is 0 Å². The van der Waals surface area contributed by atoms with Crippen LogP contribution in [0.5, 0.6) is 0 Å². The zero-order valence-electron chi connectivity index (χ0n) is 14.1. The van der Waals surface area contributed by atoms with E-state index in [9.17, 15) is 22.8 Å². The Hall–Kier alpha value is -2.15. The number of halogens is 3. The van der Waals surface area contributed by atoms with Crippen LogP contribution in [-0.2, 0) is 15.8 Å². The number of carbonyl (C=O) groups excluding carboxylic acids is 2. The van der Waals surface area contributed by atoms with E-state index in [-0.39, 0.29) is 23.7 Å². The third kappa shape index (κ3) is 3.08. The van der Waals surface area contributed by atoms with E-state index >= 15 is 0 Å². The summed E-state index contributed by atoms with van der Waals surface area (Å²) < 4.78 is 40.3. The van der Waals surface area contributed by atoms with Crippen LogP contribution in [0.4, 0.5) is 13.2 Å². The second-order valence-electron chi connectivity index (χ2n) is 6.53. The quantitative estimate of drug-likeness (QED) is 0.818. The van der Waals surface area contributed by atoms with Gasteiger partial charge in [-0.25, -0.2) is 10.0 Å². The van der Waals surface area contributed by atoms with E-state index in [1.165, 1.54) is 23.2 Å². The molecule has 0 bridgehead atoms. The summed E-state index contributed by atoms with van der Waals surface area (Å²) in [7, 11) is 3.37. The molecule has 1 amide bonds. The van der Waals surface area contributed by atoms with Crippen LogP contribution in [0.25, 0.3) is 0 Å². The van der Waals surface area contributed by atoms with Crippen LogP contribution in [-0.4, -0.2) is 35.8 Å². The zero-order valence-corrected chi connectivity index (χ0v) is 14.1. The number of alkyl halides is 3. The number of amides is 1. The molecular formula is C18H19F3N2O2. The molecular weight excluding hydrogens is 333 g/mol. The molecule has 0 aromatic heterocycles. The smallest absolute Gasteiger partial charge is 0.294 e. The van der Waals surface area contributed by atoms with Gasteiger partial charge in [-0.1, -0.05) is 18.2 Å². The molecule has 4 nitrogen and oxygen atoms in total.